The maximum atomic E-state index is 13.0. The van der Waals surface area contributed by atoms with E-state index >= 15 is 0 Å². The lowest BCUT2D eigenvalue weighted by molar-refractivity contribution is 0.103. The van der Waals surface area contributed by atoms with E-state index in [1.165, 1.54) is 15.9 Å². The Morgan fingerprint density at radius 1 is 1.33 bits per heavy atom. The predicted octanol–water partition coefficient (Wildman–Crippen LogP) is 4.08. The van der Waals surface area contributed by atoms with E-state index in [2.05, 4.69) is 16.2 Å². The van der Waals surface area contributed by atoms with Crippen LogP contribution in [0.25, 0.3) is 10.2 Å². The molecule has 0 unspecified atom stereocenters. The van der Waals surface area contributed by atoms with E-state index in [1.807, 2.05) is 45.0 Å². The maximum Gasteiger partial charge on any atom is 0.266 e. The van der Waals surface area contributed by atoms with Crippen molar-refractivity contribution < 1.29 is 4.79 Å². The smallest absolute Gasteiger partial charge is 0.266 e. The lowest BCUT2D eigenvalue weighted by atomic mass is 10.1. The van der Waals surface area contributed by atoms with Crippen LogP contribution in [0.3, 0.4) is 0 Å². The molecule has 1 N–H and O–H groups in total. The molecule has 3 rings (SSSR count). The molecular formula is C21H21N3O2S. The van der Waals surface area contributed by atoms with Gasteiger partial charge in [0.2, 0.25) is 0 Å². The summed E-state index contributed by atoms with van der Waals surface area (Å²) in [6, 6.07) is 7.57. The van der Waals surface area contributed by atoms with Crippen molar-refractivity contribution in [3.05, 3.63) is 56.4 Å². The number of fused-ring (bicyclic) bond motifs is 1. The second-order valence-electron chi connectivity index (χ2n) is 6.73. The van der Waals surface area contributed by atoms with E-state index in [0.717, 1.165) is 11.3 Å². The molecule has 0 aliphatic heterocycles. The molecule has 0 bridgehead atoms. The van der Waals surface area contributed by atoms with Crippen LogP contribution < -0.4 is 10.9 Å². The van der Waals surface area contributed by atoms with Gasteiger partial charge in [-0.15, -0.1) is 17.8 Å². The van der Waals surface area contributed by atoms with Crippen molar-refractivity contribution in [1.82, 2.24) is 9.55 Å². The number of hydrogen-bond acceptors (Lipinski definition) is 4. The number of amides is 1. The van der Waals surface area contributed by atoms with Crippen LogP contribution in [0, 0.1) is 26.2 Å². The molecule has 0 aliphatic carbocycles. The molecule has 138 valence electrons. The minimum absolute atomic E-state index is 0.0436. The van der Waals surface area contributed by atoms with Crippen molar-refractivity contribution in [2.75, 3.05) is 5.32 Å². The highest BCUT2D eigenvalue weighted by Crippen LogP contribution is 2.29. The summed E-state index contributed by atoms with van der Waals surface area (Å²) in [6.07, 6.45) is 5.44. The summed E-state index contributed by atoms with van der Waals surface area (Å²) in [5.74, 6) is 2.96. The zero-order chi connectivity index (χ0) is 19.7. The summed E-state index contributed by atoms with van der Waals surface area (Å²) in [5, 5.41) is 3.39. The normalized spacial score (nSPS) is 11.0. The van der Waals surface area contributed by atoms with Crippen molar-refractivity contribution in [3.8, 4) is 12.3 Å². The Bertz CT molecular complexity index is 1130. The van der Waals surface area contributed by atoms with Gasteiger partial charge in [-0.3, -0.25) is 14.2 Å². The summed E-state index contributed by atoms with van der Waals surface area (Å²) in [5.41, 5.74) is 2.17. The molecule has 27 heavy (non-hydrogen) atoms. The molecule has 0 atom stereocenters. The van der Waals surface area contributed by atoms with Crippen LogP contribution in [0.4, 0.5) is 5.69 Å². The molecule has 5 nitrogen and oxygen atoms in total. The molecule has 2 heterocycles. The van der Waals surface area contributed by atoms with Crippen LogP contribution in [0.15, 0.2) is 29.1 Å². The van der Waals surface area contributed by atoms with Crippen LogP contribution in [0.5, 0.6) is 0 Å². The van der Waals surface area contributed by atoms with Crippen molar-refractivity contribution in [3.63, 3.8) is 0 Å². The van der Waals surface area contributed by atoms with Gasteiger partial charge in [0.05, 0.1) is 16.8 Å². The van der Waals surface area contributed by atoms with Gasteiger partial charge < -0.3 is 5.32 Å². The standard InChI is InChI=1S/C21H21N3O2S/c1-6-11-24-18(12(2)3)23-20-16(21(24)26)14(5)17(27-20)19(25)22-15-10-8-7-9-13(15)4/h1,7-10,12H,11H2,2-5H3,(H,22,25). The van der Waals surface area contributed by atoms with Gasteiger partial charge in [0.1, 0.15) is 10.7 Å². The average molecular weight is 379 g/mol. The fourth-order valence-electron chi connectivity index (χ4n) is 3.03. The number of hydrogen-bond donors (Lipinski definition) is 1. The van der Waals surface area contributed by atoms with E-state index in [1.54, 1.807) is 6.92 Å². The first-order valence-corrected chi connectivity index (χ1v) is 9.51. The molecule has 1 aromatic carbocycles. The monoisotopic (exact) mass is 379 g/mol. The third-order valence-corrected chi connectivity index (χ3v) is 5.63. The Balaban J connectivity index is 2.13. The summed E-state index contributed by atoms with van der Waals surface area (Å²) in [6.45, 7) is 7.81. The van der Waals surface area contributed by atoms with Crippen molar-refractivity contribution >= 4 is 33.1 Å². The topological polar surface area (TPSA) is 64.0 Å². The minimum atomic E-state index is -0.237. The summed E-state index contributed by atoms with van der Waals surface area (Å²) < 4.78 is 1.52. The van der Waals surface area contributed by atoms with E-state index in [0.29, 0.717) is 26.5 Å². The molecular weight excluding hydrogens is 358 g/mol. The van der Waals surface area contributed by atoms with Crippen LogP contribution in [-0.4, -0.2) is 15.5 Å². The van der Waals surface area contributed by atoms with Gasteiger partial charge in [-0.1, -0.05) is 38.0 Å². The Hall–Kier alpha value is -2.91. The zero-order valence-electron chi connectivity index (χ0n) is 15.8. The molecule has 0 spiro atoms. The number of rotatable bonds is 4. The van der Waals surface area contributed by atoms with E-state index < -0.39 is 0 Å². The largest absolute Gasteiger partial charge is 0.321 e. The summed E-state index contributed by atoms with van der Waals surface area (Å²) in [7, 11) is 0. The van der Waals surface area contributed by atoms with Gasteiger partial charge in [0, 0.05) is 11.6 Å². The number of terminal acetylenes is 1. The number of carbonyl (C=O) groups is 1. The molecule has 0 saturated carbocycles. The summed E-state index contributed by atoms with van der Waals surface area (Å²) >= 11 is 1.24. The Labute approximate surface area is 162 Å². The average Bonchev–Trinajstić information content (AvgIpc) is 2.96. The Morgan fingerprint density at radius 3 is 2.67 bits per heavy atom. The van der Waals surface area contributed by atoms with E-state index in [4.69, 9.17) is 6.42 Å². The molecule has 2 aromatic heterocycles. The van der Waals surface area contributed by atoms with E-state index in [-0.39, 0.29) is 23.9 Å². The van der Waals surface area contributed by atoms with Crippen LogP contribution in [0.2, 0.25) is 0 Å². The third kappa shape index (κ3) is 3.38. The lowest BCUT2D eigenvalue weighted by Gasteiger charge is -2.12. The molecule has 0 fully saturated rings. The van der Waals surface area contributed by atoms with Gasteiger partial charge in [-0.2, -0.15) is 0 Å². The Kier molecular flexibility index (Phi) is 5.15. The van der Waals surface area contributed by atoms with Crippen LogP contribution >= 0.6 is 11.3 Å². The van der Waals surface area contributed by atoms with Crippen molar-refractivity contribution in [2.24, 2.45) is 0 Å². The van der Waals surface area contributed by atoms with Gasteiger partial charge in [0.25, 0.3) is 11.5 Å². The fraction of sp³-hybridized carbons (Fsp3) is 0.286. The molecule has 0 radical (unpaired) electrons. The highest BCUT2D eigenvalue weighted by molar-refractivity contribution is 7.20. The SMILES string of the molecule is C#CCn1c(C(C)C)nc2sc(C(=O)Nc3ccccc3C)c(C)c2c1=O. The minimum Gasteiger partial charge on any atom is -0.321 e. The van der Waals surface area contributed by atoms with Crippen molar-refractivity contribution in [1.29, 1.82) is 0 Å². The number of aromatic nitrogens is 2. The zero-order valence-corrected chi connectivity index (χ0v) is 16.6. The van der Waals surface area contributed by atoms with Crippen LogP contribution in [-0.2, 0) is 6.54 Å². The molecule has 3 aromatic rings. The second kappa shape index (κ2) is 7.37. The predicted molar refractivity (Wildman–Crippen MR) is 111 cm³/mol. The van der Waals surface area contributed by atoms with Gasteiger partial charge in [-0.25, -0.2) is 4.98 Å². The number of nitrogens with one attached hydrogen (secondary N) is 1. The van der Waals surface area contributed by atoms with Gasteiger partial charge in [-0.05, 0) is 31.0 Å². The number of benzene rings is 1. The first-order valence-electron chi connectivity index (χ1n) is 8.69. The number of para-hydroxylation sites is 1. The molecule has 6 heteroatoms. The molecule has 0 saturated heterocycles. The Morgan fingerprint density at radius 2 is 2.04 bits per heavy atom. The number of anilines is 1. The number of carbonyl (C=O) groups excluding carboxylic acids is 1. The van der Waals surface area contributed by atoms with Gasteiger partial charge >= 0.3 is 0 Å². The van der Waals surface area contributed by atoms with Gasteiger partial charge in [0.15, 0.2) is 0 Å². The number of aryl methyl sites for hydroxylation is 2. The fourth-order valence-corrected chi connectivity index (χ4v) is 4.10. The summed E-state index contributed by atoms with van der Waals surface area (Å²) in [4.78, 5) is 31.6. The van der Waals surface area contributed by atoms with E-state index in [9.17, 15) is 9.59 Å². The lowest BCUT2D eigenvalue weighted by Crippen LogP contribution is -2.25. The second-order valence-corrected chi connectivity index (χ2v) is 7.72. The number of nitrogens with zero attached hydrogens (tertiary/aromatic N) is 2. The molecule has 1 amide bonds. The highest BCUT2D eigenvalue weighted by Gasteiger charge is 2.22. The van der Waals surface area contributed by atoms with Crippen LogP contribution in [0.1, 0.15) is 46.4 Å². The maximum absolute atomic E-state index is 13.0. The first kappa shape index (κ1) is 18.9. The third-order valence-electron chi connectivity index (χ3n) is 4.45. The quantitative estimate of drug-likeness (QED) is 0.695. The first-order chi connectivity index (χ1) is 12.8. The number of thiophene rings is 1. The van der Waals surface area contributed by atoms with Crippen molar-refractivity contribution in [2.45, 2.75) is 40.2 Å². The molecule has 0 aliphatic rings. The highest BCUT2D eigenvalue weighted by atomic mass is 32.1.